The number of amides is 1. The van der Waals surface area contributed by atoms with Crippen molar-refractivity contribution < 1.29 is 19.2 Å². The first-order chi connectivity index (χ1) is 14.4. The quantitative estimate of drug-likeness (QED) is 0.373. The Morgan fingerprint density at radius 1 is 1.00 bits per heavy atom. The normalized spacial score (nSPS) is 10.4. The van der Waals surface area contributed by atoms with Gasteiger partial charge in [0.2, 0.25) is 0 Å². The van der Waals surface area contributed by atoms with Gasteiger partial charge in [0.05, 0.1) is 29.7 Å². The minimum Gasteiger partial charge on any atom is -0.496 e. The maximum atomic E-state index is 13.0. The Morgan fingerprint density at radius 2 is 1.67 bits per heavy atom. The van der Waals surface area contributed by atoms with E-state index in [0.717, 1.165) is 11.8 Å². The van der Waals surface area contributed by atoms with E-state index in [-0.39, 0.29) is 16.3 Å². The van der Waals surface area contributed by atoms with E-state index in [9.17, 15) is 14.9 Å². The molecule has 3 aromatic rings. The van der Waals surface area contributed by atoms with E-state index < -0.39 is 10.8 Å². The van der Waals surface area contributed by atoms with Crippen molar-refractivity contribution in [1.29, 1.82) is 0 Å². The number of hydrogen-bond donors (Lipinski definition) is 1. The summed E-state index contributed by atoms with van der Waals surface area (Å²) in [5.74, 6) is 0.304. The number of nitrogens with one attached hydrogen (secondary N) is 1. The molecule has 0 aliphatic rings. The van der Waals surface area contributed by atoms with Crippen LogP contribution in [0.4, 0.5) is 11.4 Å². The third-order valence-electron chi connectivity index (χ3n) is 4.13. The fourth-order valence-electron chi connectivity index (χ4n) is 2.76. The smallest absolute Gasteiger partial charge is 0.284 e. The molecule has 9 heteroatoms. The van der Waals surface area contributed by atoms with Crippen molar-refractivity contribution in [3.63, 3.8) is 0 Å². The number of nitro groups is 1. The first-order valence-corrected chi connectivity index (χ1v) is 9.87. The number of carbonyl (C=O) groups excluding carboxylic acids is 1. The molecular weight excluding hydrogens is 428 g/mol. The molecule has 0 saturated heterocycles. The molecular formula is C21H17ClN2O5S. The van der Waals surface area contributed by atoms with E-state index >= 15 is 0 Å². The highest BCUT2D eigenvalue weighted by atomic mass is 35.5. The number of halogens is 1. The fraction of sp³-hybridized carbons (Fsp3) is 0.0952. The van der Waals surface area contributed by atoms with Gasteiger partial charge in [0, 0.05) is 16.0 Å². The van der Waals surface area contributed by atoms with Crippen LogP contribution in [0.2, 0.25) is 5.02 Å². The van der Waals surface area contributed by atoms with Crippen molar-refractivity contribution in [3.8, 4) is 11.5 Å². The molecule has 30 heavy (non-hydrogen) atoms. The molecule has 0 aromatic heterocycles. The minimum atomic E-state index is -0.491. The summed E-state index contributed by atoms with van der Waals surface area (Å²) in [7, 11) is 2.93. The molecule has 154 valence electrons. The van der Waals surface area contributed by atoms with Crippen molar-refractivity contribution >= 4 is 40.6 Å². The van der Waals surface area contributed by atoms with Crippen LogP contribution in [0.5, 0.6) is 11.5 Å². The Labute approximate surface area is 182 Å². The van der Waals surface area contributed by atoms with Crippen LogP contribution in [0.1, 0.15) is 10.4 Å². The van der Waals surface area contributed by atoms with Gasteiger partial charge in [0.25, 0.3) is 11.6 Å². The van der Waals surface area contributed by atoms with Gasteiger partial charge in [-0.05, 0) is 36.4 Å². The molecule has 0 spiro atoms. The summed E-state index contributed by atoms with van der Waals surface area (Å²) >= 11 is 7.05. The molecule has 0 fully saturated rings. The first-order valence-electron chi connectivity index (χ1n) is 8.67. The highest BCUT2D eigenvalue weighted by molar-refractivity contribution is 7.99. The molecule has 0 aliphatic heterocycles. The molecule has 0 radical (unpaired) electrons. The van der Waals surface area contributed by atoms with Gasteiger partial charge in [0.15, 0.2) is 0 Å². The summed E-state index contributed by atoms with van der Waals surface area (Å²) in [6.07, 6.45) is 0. The number of ether oxygens (including phenoxy) is 2. The molecule has 0 saturated carbocycles. The lowest BCUT2D eigenvalue weighted by Crippen LogP contribution is -2.15. The highest BCUT2D eigenvalue weighted by Crippen LogP contribution is 2.40. The molecule has 3 aromatic carbocycles. The van der Waals surface area contributed by atoms with Gasteiger partial charge in [-0.25, -0.2) is 0 Å². The molecule has 7 nitrogen and oxygen atoms in total. The average molecular weight is 445 g/mol. The largest absolute Gasteiger partial charge is 0.496 e. The number of carbonyl (C=O) groups is 1. The summed E-state index contributed by atoms with van der Waals surface area (Å²) < 4.78 is 10.6. The van der Waals surface area contributed by atoms with E-state index in [1.165, 1.54) is 20.3 Å². The number of methoxy groups -OCH3 is 2. The van der Waals surface area contributed by atoms with Gasteiger partial charge in [-0.1, -0.05) is 41.6 Å². The van der Waals surface area contributed by atoms with Crippen LogP contribution in [0.15, 0.2) is 70.5 Å². The van der Waals surface area contributed by atoms with Crippen LogP contribution >= 0.6 is 23.4 Å². The standard InChI is InChI=1S/C21H17ClN2O5S/c1-28-16-7-5-8-17(29-2)20(16)21(25)23-14-6-3-4-9-18(14)30-19-11-10-13(22)12-15(19)24(26)27/h3-12H,1-2H3,(H,23,25). The van der Waals surface area contributed by atoms with E-state index in [1.807, 2.05) is 0 Å². The van der Waals surface area contributed by atoms with Crippen LogP contribution in [0, 0.1) is 10.1 Å². The third kappa shape index (κ3) is 4.67. The second kappa shape index (κ2) is 9.51. The summed E-state index contributed by atoms with van der Waals surface area (Å²) in [6.45, 7) is 0. The zero-order valence-corrected chi connectivity index (χ0v) is 17.6. The van der Waals surface area contributed by atoms with Crippen LogP contribution in [0.3, 0.4) is 0 Å². The van der Waals surface area contributed by atoms with Gasteiger partial charge in [-0.3, -0.25) is 14.9 Å². The molecule has 0 aliphatic carbocycles. The Balaban J connectivity index is 1.95. The minimum absolute atomic E-state index is 0.111. The van der Waals surface area contributed by atoms with E-state index in [0.29, 0.717) is 27.0 Å². The number of anilines is 1. The average Bonchev–Trinajstić information content (AvgIpc) is 2.75. The Morgan fingerprint density at radius 3 is 2.30 bits per heavy atom. The second-order valence-corrected chi connectivity index (χ2v) is 7.48. The van der Waals surface area contributed by atoms with Crippen molar-refractivity contribution in [3.05, 3.63) is 81.4 Å². The van der Waals surface area contributed by atoms with Crippen LogP contribution < -0.4 is 14.8 Å². The van der Waals surface area contributed by atoms with E-state index in [2.05, 4.69) is 5.32 Å². The van der Waals surface area contributed by atoms with Crippen molar-refractivity contribution in [2.45, 2.75) is 9.79 Å². The topological polar surface area (TPSA) is 90.7 Å². The van der Waals surface area contributed by atoms with E-state index in [1.54, 1.807) is 54.6 Å². The van der Waals surface area contributed by atoms with E-state index in [4.69, 9.17) is 21.1 Å². The van der Waals surface area contributed by atoms with Crippen molar-refractivity contribution in [1.82, 2.24) is 0 Å². The summed E-state index contributed by atoms with van der Waals surface area (Å²) in [5.41, 5.74) is 0.629. The lowest BCUT2D eigenvalue weighted by Gasteiger charge is -2.15. The fourth-order valence-corrected chi connectivity index (χ4v) is 3.91. The number of nitro benzene ring substituents is 1. The zero-order chi connectivity index (χ0) is 21.7. The molecule has 1 N–H and O–H groups in total. The molecule has 0 heterocycles. The van der Waals surface area contributed by atoms with Crippen LogP contribution in [-0.2, 0) is 0 Å². The van der Waals surface area contributed by atoms with Gasteiger partial charge in [-0.15, -0.1) is 0 Å². The predicted octanol–water partition coefficient (Wildman–Crippen LogP) is 5.67. The Hall–Kier alpha value is -3.23. The SMILES string of the molecule is COc1cccc(OC)c1C(=O)Nc1ccccc1Sc1ccc(Cl)cc1[N+](=O)[O-]. The lowest BCUT2D eigenvalue weighted by atomic mass is 10.1. The number of nitrogens with zero attached hydrogens (tertiary/aromatic N) is 1. The van der Waals surface area contributed by atoms with Gasteiger partial charge in [-0.2, -0.15) is 0 Å². The summed E-state index contributed by atoms with van der Waals surface area (Å²) in [5, 5.41) is 14.5. The second-order valence-electron chi connectivity index (χ2n) is 5.96. The van der Waals surface area contributed by atoms with Crippen molar-refractivity contribution in [2.24, 2.45) is 0 Å². The Bertz CT molecular complexity index is 1080. The Kier molecular flexibility index (Phi) is 6.81. The predicted molar refractivity (Wildman–Crippen MR) is 116 cm³/mol. The van der Waals surface area contributed by atoms with Gasteiger partial charge >= 0.3 is 0 Å². The lowest BCUT2D eigenvalue weighted by molar-refractivity contribution is -0.387. The number of hydrogen-bond acceptors (Lipinski definition) is 6. The molecule has 1 amide bonds. The summed E-state index contributed by atoms with van der Waals surface area (Å²) in [4.78, 5) is 24.9. The summed E-state index contributed by atoms with van der Waals surface area (Å²) in [6, 6.07) is 16.5. The number of rotatable bonds is 7. The maximum absolute atomic E-state index is 13.0. The van der Waals surface area contributed by atoms with Crippen LogP contribution in [0.25, 0.3) is 0 Å². The first kappa shape index (κ1) is 21.5. The molecule has 3 rings (SSSR count). The molecule has 0 unspecified atom stereocenters. The van der Waals surface area contributed by atoms with Gasteiger partial charge in [0.1, 0.15) is 17.1 Å². The van der Waals surface area contributed by atoms with Gasteiger partial charge < -0.3 is 14.8 Å². The maximum Gasteiger partial charge on any atom is 0.284 e. The highest BCUT2D eigenvalue weighted by Gasteiger charge is 2.21. The monoisotopic (exact) mass is 444 g/mol. The van der Waals surface area contributed by atoms with Crippen LogP contribution in [-0.4, -0.2) is 25.1 Å². The number of benzene rings is 3. The number of para-hydroxylation sites is 1. The third-order valence-corrected chi connectivity index (χ3v) is 5.50. The molecule has 0 atom stereocenters. The molecule has 0 bridgehead atoms. The zero-order valence-electron chi connectivity index (χ0n) is 16.0. The van der Waals surface area contributed by atoms with Crippen molar-refractivity contribution in [2.75, 3.05) is 19.5 Å².